The molecule has 0 aromatic rings. The number of hydrogen-bond acceptors (Lipinski definition) is 4. The summed E-state index contributed by atoms with van der Waals surface area (Å²) in [5, 5.41) is 6.80. The zero-order valence-corrected chi connectivity index (χ0v) is 13.0. The number of nitrogens with two attached hydrogens (primary N) is 1. The van der Waals surface area contributed by atoms with E-state index >= 15 is 0 Å². The monoisotopic (exact) mass is 350 g/mol. The van der Waals surface area contributed by atoms with E-state index in [0.717, 1.165) is 0 Å². The summed E-state index contributed by atoms with van der Waals surface area (Å²) in [5.41, 5.74) is 4.81. The van der Waals surface area contributed by atoms with E-state index in [4.69, 9.17) is 5.73 Å². The van der Waals surface area contributed by atoms with Crippen molar-refractivity contribution in [3.05, 3.63) is 0 Å². The zero-order chi connectivity index (χ0) is 15.8. The smallest absolute Gasteiger partial charge is 0.318 e. The number of carbonyl (C=O) groups excluding carboxylic acids is 4. The van der Waals surface area contributed by atoms with Crippen molar-refractivity contribution in [3.63, 3.8) is 0 Å². The maximum atomic E-state index is 11.3. The second kappa shape index (κ2) is 8.51. The summed E-state index contributed by atoms with van der Waals surface area (Å²) < 4.78 is -0.665. The summed E-state index contributed by atoms with van der Waals surface area (Å²) in [6.45, 7) is 4.81. The summed E-state index contributed by atoms with van der Waals surface area (Å²) in [5.74, 6) is -1.44. The quantitative estimate of drug-likeness (QED) is 0.398. The third-order valence-electron chi connectivity index (χ3n) is 2.67. The molecule has 9 heteroatoms. The Morgan fingerprint density at radius 2 is 1.60 bits per heavy atom. The lowest BCUT2D eigenvalue weighted by molar-refractivity contribution is -0.140. The fraction of sp³-hybridized carbons (Fsp3) is 0.636. The number of imide groups is 1. The van der Waals surface area contributed by atoms with Crippen molar-refractivity contribution in [1.29, 1.82) is 0 Å². The van der Waals surface area contributed by atoms with Gasteiger partial charge in [0, 0.05) is 13.1 Å². The largest absolute Gasteiger partial charge is 0.351 e. The number of urea groups is 1. The van der Waals surface area contributed by atoms with Crippen molar-refractivity contribution in [3.8, 4) is 0 Å². The molecule has 0 radical (unpaired) electrons. The highest BCUT2D eigenvalue weighted by Gasteiger charge is 2.32. The molecule has 5 amide bonds. The van der Waals surface area contributed by atoms with Crippen LogP contribution in [0.15, 0.2) is 0 Å². The van der Waals surface area contributed by atoms with E-state index in [0.29, 0.717) is 25.9 Å². The van der Waals surface area contributed by atoms with Crippen LogP contribution >= 0.6 is 15.9 Å². The van der Waals surface area contributed by atoms with Crippen LogP contribution in [-0.4, -0.2) is 41.2 Å². The SMILES string of the molecule is CCC(Br)(CC)C(=O)NC(N)=O.O=C1NCCNC1=O. The van der Waals surface area contributed by atoms with Crippen LogP contribution in [0.1, 0.15) is 26.7 Å². The first kappa shape index (κ1) is 18.4. The van der Waals surface area contributed by atoms with Gasteiger partial charge in [0.2, 0.25) is 5.91 Å². The van der Waals surface area contributed by atoms with Crippen LogP contribution in [-0.2, 0) is 14.4 Å². The lowest BCUT2D eigenvalue weighted by Crippen LogP contribution is -2.49. The number of halogens is 1. The molecule has 1 rings (SSSR count). The Balaban J connectivity index is 0.000000388. The van der Waals surface area contributed by atoms with Crippen LogP contribution in [0.25, 0.3) is 0 Å². The highest BCUT2D eigenvalue weighted by atomic mass is 79.9. The molecule has 0 spiro atoms. The average molecular weight is 351 g/mol. The molecule has 114 valence electrons. The van der Waals surface area contributed by atoms with Gasteiger partial charge in [0.1, 0.15) is 4.32 Å². The molecule has 1 aliphatic rings. The van der Waals surface area contributed by atoms with Crippen LogP contribution in [0.3, 0.4) is 0 Å². The fourth-order valence-electron chi connectivity index (χ4n) is 1.31. The number of primary amides is 1. The van der Waals surface area contributed by atoms with Crippen LogP contribution in [0.5, 0.6) is 0 Å². The summed E-state index contributed by atoms with van der Waals surface area (Å²) >= 11 is 3.26. The molecule has 1 saturated heterocycles. The van der Waals surface area contributed by atoms with Gasteiger partial charge in [0.05, 0.1) is 0 Å². The zero-order valence-electron chi connectivity index (χ0n) is 11.4. The van der Waals surface area contributed by atoms with E-state index in [1.54, 1.807) is 0 Å². The Kier molecular flexibility index (Phi) is 7.82. The summed E-state index contributed by atoms with van der Waals surface area (Å²) in [7, 11) is 0. The second-order valence-corrected chi connectivity index (χ2v) is 5.52. The van der Waals surface area contributed by atoms with Crippen molar-refractivity contribution in [2.24, 2.45) is 5.73 Å². The van der Waals surface area contributed by atoms with Crippen LogP contribution in [0.2, 0.25) is 0 Å². The predicted molar refractivity (Wildman–Crippen MR) is 76.0 cm³/mol. The number of alkyl halides is 1. The van der Waals surface area contributed by atoms with Gasteiger partial charge in [0.25, 0.3) is 0 Å². The van der Waals surface area contributed by atoms with Gasteiger partial charge in [-0.05, 0) is 12.8 Å². The van der Waals surface area contributed by atoms with E-state index in [1.165, 1.54) is 0 Å². The normalized spacial score (nSPS) is 14.3. The molecule has 1 heterocycles. The van der Waals surface area contributed by atoms with Crippen molar-refractivity contribution >= 4 is 39.7 Å². The molecule has 0 aromatic heterocycles. The Bertz CT molecular complexity index is 380. The van der Waals surface area contributed by atoms with Gasteiger partial charge in [-0.3, -0.25) is 19.7 Å². The third-order valence-corrected chi connectivity index (χ3v) is 4.15. The van der Waals surface area contributed by atoms with Gasteiger partial charge in [0.15, 0.2) is 0 Å². The standard InChI is InChI=1S/C7H13BrN2O2.C4H6N2O2/c1-3-7(8,4-2)5(11)10-6(9)12;7-3-4(8)6-2-1-5-3/h3-4H2,1-2H3,(H3,9,10,11,12);1-2H2,(H,5,7)(H,6,8). The van der Waals surface area contributed by atoms with Crippen LogP contribution in [0.4, 0.5) is 4.79 Å². The molecule has 0 bridgehead atoms. The number of rotatable bonds is 3. The number of hydrogen-bond donors (Lipinski definition) is 4. The topological polar surface area (TPSA) is 130 Å². The Hall–Kier alpha value is -1.64. The van der Waals surface area contributed by atoms with Crippen molar-refractivity contribution < 1.29 is 19.2 Å². The van der Waals surface area contributed by atoms with Gasteiger partial charge in [-0.25, -0.2) is 4.79 Å². The van der Waals surface area contributed by atoms with E-state index in [9.17, 15) is 19.2 Å². The molecule has 5 N–H and O–H groups in total. The Labute approximate surface area is 125 Å². The molecule has 0 saturated carbocycles. The molecule has 1 fully saturated rings. The van der Waals surface area contributed by atoms with Gasteiger partial charge in [-0.1, -0.05) is 29.8 Å². The minimum Gasteiger partial charge on any atom is -0.351 e. The first-order valence-electron chi connectivity index (χ1n) is 6.12. The van der Waals surface area contributed by atoms with Crippen LogP contribution < -0.4 is 21.7 Å². The first-order valence-corrected chi connectivity index (χ1v) is 6.92. The molecular weight excluding hydrogens is 332 g/mol. The molecule has 0 aromatic carbocycles. The van der Waals surface area contributed by atoms with E-state index in [1.807, 2.05) is 19.2 Å². The highest BCUT2D eigenvalue weighted by Crippen LogP contribution is 2.26. The number of nitrogens with one attached hydrogen (secondary N) is 3. The Morgan fingerprint density at radius 3 is 1.85 bits per heavy atom. The van der Waals surface area contributed by atoms with Crippen molar-refractivity contribution in [2.75, 3.05) is 13.1 Å². The lowest BCUT2D eigenvalue weighted by atomic mass is 10.0. The second-order valence-electron chi connectivity index (χ2n) is 4.00. The fourth-order valence-corrected chi connectivity index (χ4v) is 1.41. The van der Waals surface area contributed by atoms with E-state index < -0.39 is 22.2 Å². The third kappa shape index (κ3) is 6.00. The number of carbonyl (C=O) groups is 4. The number of amides is 5. The molecule has 20 heavy (non-hydrogen) atoms. The maximum Gasteiger partial charge on any atom is 0.318 e. The van der Waals surface area contributed by atoms with E-state index in [2.05, 4.69) is 26.6 Å². The first-order chi connectivity index (χ1) is 9.26. The summed E-state index contributed by atoms with van der Waals surface area (Å²) in [4.78, 5) is 42.2. The van der Waals surface area contributed by atoms with Gasteiger partial charge in [-0.2, -0.15) is 0 Å². The maximum absolute atomic E-state index is 11.3. The predicted octanol–water partition coefficient (Wildman–Crippen LogP) is -0.633. The molecular formula is C11H19BrN4O4. The lowest BCUT2D eigenvalue weighted by Gasteiger charge is -2.21. The molecule has 0 aliphatic carbocycles. The van der Waals surface area contributed by atoms with Crippen molar-refractivity contribution in [1.82, 2.24) is 16.0 Å². The van der Waals surface area contributed by atoms with Gasteiger partial charge >= 0.3 is 17.8 Å². The summed E-state index contributed by atoms with van der Waals surface area (Å²) in [6.07, 6.45) is 1.23. The Morgan fingerprint density at radius 1 is 1.20 bits per heavy atom. The van der Waals surface area contributed by atoms with Gasteiger partial charge in [-0.15, -0.1) is 0 Å². The minimum absolute atomic E-state index is 0.375. The molecule has 8 nitrogen and oxygen atoms in total. The van der Waals surface area contributed by atoms with Gasteiger partial charge < -0.3 is 16.4 Å². The van der Waals surface area contributed by atoms with Crippen LogP contribution in [0, 0.1) is 0 Å². The molecule has 0 atom stereocenters. The highest BCUT2D eigenvalue weighted by molar-refractivity contribution is 9.10. The van der Waals surface area contributed by atoms with E-state index in [-0.39, 0.29) is 5.91 Å². The number of piperazine rings is 1. The van der Waals surface area contributed by atoms with Crippen molar-refractivity contribution in [2.45, 2.75) is 31.0 Å². The summed E-state index contributed by atoms with van der Waals surface area (Å²) in [6, 6.07) is -0.814. The minimum atomic E-state index is -0.814. The average Bonchev–Trinajstić information content (AvgIpc) is 2.41. The molecule has 1 aliphatic heterocycles. The molecule has 0 unspecified atom stereocenters.